The quantitative estimate of drug-likeness (QED) is 0.552. The summed E-state index contributed by atoms with van der Waals surface area (Å²) in [4.78, 5) is 41.2. The molecular formula is C24H22N4O5. The summed E-state index contributed by atoms with van der Waals surface area (Å²) >= 11 is 0. The van der Waals surface area contributed by atoms with Gasteiger partial charge < -0.3 is 25.5 Å². The molecule has 0 saturated carbocycles. The van der Waals surface area contributed by atoms with Gasteiger partial charge >= 0.3 is 0 Å². The minimum atomic E-state index is -0.599. The number of hydrogen-bond acceptors (Lipinski definition) is 6. The minimum Gasteiger partial charge on any atom is -0.493 e. The highest BCUT2D eigenvalue weighted by atomic mass is 16.5. The fraction of sp³-hybridized carbons (Fsp3) is 0.208. The SMILES string of the molecule is COc1cc(C2C3=C(CN(C(C)=O)C3=O)Nc3cccc4[nH]cc2c34)ccc1OCC(N)=O. The van der Waals surface area contributed by atoms with Gasteiger partial charge in [-0.1, -0.05) is 12.1 Å². The van der Waals surface area contributed by atoms with E-state index in [9.17, 15) is 14.4 Å². The van der Waals surface area contributed by atoms with E-state index in [4.69, 9.17) is 15.2 Å². The number of primary amides is 1. The van der Waals surface area contributed by atoms with Gasteiger partial charge in [0.1, 0.15) is 0 Å². The number of imide groups is 1. The Morgan fingerprint density at radius 2 is 2.03 bits per heavy atom. The molecule has 0 fully saturated rings. The molecule has 9 heteroatoms. The number of ether oxygens (including phenoxy) is 2. The number of carbonyl (C=O) groups is 3. The third kappa shape index (κ3) is 3.29. The van der Waals surface area contributed by atoms with E-state index >= 15 is 0 Å². The van der Waals surface area contributed by atoms with Gasteiger partial charge in [0.05, 0.1) is 19.2 Å². The molecule has 2 aromatic carbocycles. The van der Waals surface area contributed by atoms with Gasteiger partial charge in [-0.25, -0.2) is 0 Å². The molecule has 2 aliphatic heterocycles. The van der Waals surface area contributed by atoms with E-state index in [2.05, 4.69) is 10.3 Å². The van der Waals surface area contributed by atoms with Crippen molar-refractivity contribution in [3.63, 3.8) is 0 Å². The summed E-state index contributed by atoms with van der Waals surface area (Å²) in [6.45, 7) is 1.28. The third-order valence-corrected chi connectivity index (χ3v) is 6.01. The first-order chi connectivity index (χ1) is 15.9. The lowest BCUT2D eigenvalue weighted by atomic mass is 9.84. The number of anilines is 1. The molecule has 3 amide bonds. The van der Waals surface area contributed by atoms with Crippen molar-refractivity contribution >= 4 is 34.3 Å². The maximum Gasteiger partial charge on any atom is 0.259 e. The van der Waals surface area contributed by atoms with Crippen LogP contribution < -0.4 is 20.5 Å². The number of hydrogen-bond donors (Lipinski definition) is 3. The number of benzene rings is 2. The highest BCUT2D eigenvalue weighted by Gasteiger charge is 2.41. The lowest BCUT2D eigenvalue weighted by Gasteiger charge is -2.20. The highest BCUT2D eigenvalue weighted by molar-refractivity contribution is 6.11. The predicted octanol–water partition coefficient (Wildman–Crippen LogP) is 2.24. The van der Waals surface area contributed by atoms with Crippen LogP contribution in [-0.4, -0.2) is 47.9 Å². The first-order valence-corrected chi connectivity index (χ1v) is 10.4. The van der Waals surface area contributed by atoms with E-state index in [-0.39, 0.29) is 25.0 Å². The van der Waals surface area contributed by atoms with Crippen LogP contribution in [0.4, 0.5) is 5.69 Å². The van der Waals surface area contributed by atoms with Crippen LogP contribution in [-0.2, 0) is 14.4 Å². The molecule has 168 valence electrons. The summed E-state index contributed by atoms with van der Waals surface area (Å²) in [5, 5.41) is 4.38. The summed E-state index contributed by atoms with van der Waals surface area (Å²) in [7, 11) is 1.50. The monoisotopic (exact) mass is 446 g/mol. The van der Waals surface area contributed by atoms with Crippen molar-refractivity contribution in [3.05, 3.63) is 65.0 Å². The van der Waals surface area contributed by atoms with E-state index in [1.54, 1.807) is 12.1 Å². The van der Waals surface area contributed by atoms with Gasteiger partial charge in [0.25, 0.3) is 11.8 Å². The normalized spacial score (nSPS) is 17.0. The molecule has 33 heavy (non-hydrogen) atoms. The molecule has 3 heterocycles. The fourth-order valence-electron chi connectivity index (χ4n) is 4.59. The molecule has 0 spiro atoms. The van der Waals surface area contributed by atoms with Crippen molar-refractivity contribution in [2.75, 3.05) is 25.6 Å². The van der Waals surface area contributed by atoms with Crippen LogP contribution in [0.1, 0.15) is 24.0 Å². The highest BCUT2D eigenvalue weighted by Crippen LogP contribution is 2.46. The van der Waals surface area contributed by atoms with Crippen LogP contribution in [0.5, 0.6) is 11.5 Å². The number of H-pyrrole nitrogens is 1. The summed E-state index contributed by atoms with van der Waals surface area (Å²) in [5.41, 5.74) is 9.88. The van der Waals surface area contributed by atoms with Crippen LogP contribution in [0.15, 0.2) is 53.9 Å². The van der Waals surface area contributed by atoms with Crippen LogP contribution in [0.2, 0.25) is 0 Å². The van der Waals surface area contributed by atoms with E-state index in [0.29, 0.717) is 22.8 Å². The summed E-state index contributed by atoms with van der Waals surface area (Å²) in [6, 6.07) is 11.1. The molecule has 3 aromatic rings. The van der Waals surface area contributed by atoms with Crippen molar-refractivity contribution in [1.29, 1.82) is 0 Å². The van der Waals surface area contributed by atoms with Gasteiger partial charge in [-0.15, -0.1) is 0 Å². The topological polar surface area (TPSA) is 127 Å². The molecule has 1 unspecified atom stereocenters. The first-order valence-electron chi connectivity index (χ1n) is 10.4. The molecule has 0 aliphatic carbocycles. The number of aromatic amines is 1. The molecule has 0 radical (unpaired) electrons. The fourth-order valence-corrected chi connectivity index (χ4v) is 4.59. The average molecular weight is 446 g/mol. The molecule has 1 aromatic heterocycles. The summed E-state index contributed by atoms with van der Waals surface area (Å²) in [5.74, 6) is -0.927. The van der Waals surface area contributed by atoms with Crippen LogP contribution in [0.25, 0.3) is 10.9 Å². The molecular weight excluding hydrogens is 424 g/mol. The zero-order chi connectivity index (χ0) is 23.3. The van der Waals surface area contributed by atoms with Crippen molar-refractivity contribution in [2.24, 2.45) is 5.73 Å². The smallest absolute Gasteiger partial charge is 0.259 e. The number of methoxy groups -OCH3 is 1. The Morgan fingerprint density at radius 3 is 2.76 bits per heavy atom. The Balaban J connectivity index is 1.69. The van der Waals surface area contributed by atoms with E-state index in [1.165, 1.54) is 18.9 Å². The maximum atomic E-state index is 13.4. The number of nitrogens with two attached hydrogens (primary N) is 1. The van der Waals surface area contributed by atoms with Crippen LogP contribution in [0.3, 0.4) is 0 Å². The summed E-state index contributed by atoms with van der Waals surface area (Å²) in [6.07, 6.45) is 1.89. The molecule has 0 saturated heterocycles. The summed E-state index contributed by atoms with van der Waals surface area (Å²) < 4.78 is 11.0. The Hall–Kier alpha value is -4.27. The van der Waals surface area contributed by atoms with Gasteiger partial charge in [-0.3, -0.25) is 19.3 Å². The second kappa shape index (κ2) is 7.70. The lowest BCUT2D eigenvalue weighted by Crippen LogP contribution is -2.33. The van der Waals surface area contributed by atoms with Gasteiger partial charge in [0.15, 0.2) is 18.1 Å². The van der Waals surface area contributed by atoms with Gasteiger partial charge in [-0.2, -0.15) is 0 Å². The zero-order valence-electron chi connectivity index (χ0n) is 18.1. The second-order valence-electron chi connectivity index (χ2n) is 8.00. The van der Waals surface area contributed by atoms with Crippen LogP contribution in [0, 0.1) is 0 Å². The number of rotatable bonds is 5. The zero-order valence-corrected chi connectivity index (χ0v) is 18.1. The molecule has 2 aliphatic rings. The number of aromatic nitrogens is 1. The largest absolute Gasteiger partial charge is 0.493 e. The van der Waals surface area contributed by atoms with Crippen LogP contribution >= 0.6 is 0 Å². The average Bonchev–Trinajstić information content (AvgIpc) is 3.31. The van der Waals surface area contributed by atoms with Crippen molar-refractivity contribution in [3.8, 4) is 11.5 Å². The second-order valence-corrected chi connectivity index (χ2v) is 8.00. The molecule has 1 atom stereocenters. The Bertz CT molecular complexity index is 1360. The van der Waals surface area contributed by atoms with Crippen molar-refractivity contribution in [2.45, 2.75) is 12.8 Å². The van der Waals surface area contributed by atoms with Gasteiger partial charge in [0.2, 0.25) is 5.91 Å². The number of amides is 3. The minimum absolute atomic E-state index is 0.182. The van der Waals surface area contributed by atoms with Crippen molar-refractivity contribution < 1.29 is 23.9 Å². The third-order valence-electron chi connectivity index (χ3n) is 6.01. The molecule has 4 N–H and O–H groups in total. The Labute approximate surface area is 189 Å². The number of nitrogens with one attached hydrogen (secondary N) is 2. The standard InChI is InChI=1S/C24H22N4O5/c1-12(29)28-10-17-23(24(28)31)21(14-9-26-15-4-3-5-16(27-17)22(14)15)13-6-7-18(19(8-13)32-2)33-11-20(25)30/h3-9,21,26-27H,10-11H2,1-2H3,(H2,25,30). The molecule has 9 nitrogen and oxygen atoms in total. The predicted molar refractivity (Wildman–Crippen MR) is 121 cm³/mol. The first kappa shape index (κ1) is 20.6. The number of nitrogens with zero attached hydrogens (tertiary/aromatic N) is 1. The van der Waals surface area contributed by atoms with Gasteiger partial charge in [-0.05, 0) is 35.4 Å². The van der Waals surface area contributed by atoms with E-state index in [0.717, 1.165) is 27.7 Å². The van der Waals surface area contributed by atoms with E-state index < -0.39 is 11.8 Å². The molecule has 0 bridgehead atoms. The molecule has 5 rings (SSSR count). The van der Waals surface area contributed by atoms with Gasteiger partial charge in [0, 0.05) is 41.3 Å². The maximum absolute atomic E-state index is 13.4. The number of carbonyl (C=O) groups excluding carboxylic acids is 3. The van der Waals surface area contributed by atoms with Crippen molar-refractivity contribution in [1.82, 2.24) is 9.88 Å². The van der Waals surface area contributed by atoms with E-state index in [1.807, 2.05) is 30.5 Å². The Morgan fingerprint density at radius 1 is 1.21 bits per heavy atom. The lowest BCUT2D eigenvalue weighted by molar-refractivity contribution is -0.139. The Kier molecular flexibility index (Phi) is 4.81.